The molecule has 8 nitrogen and oxygen atoms in total. The number of hydrogen-bond acceptors (Lipinski definition) is 7. The van der Waals surface area contributed by atoms with Crippen molar-refractivity contribution >= 4 is 11.7 Å². The zero-order valence-corrected chi connectivity index (χ0v) is 10.5. The van der Waals surface area contributed by atoms with Crippen molar-refractivity contribution < 1.29 is 9.21 Å². The van der Waals surface area contributed by atoms with Crippen LogP contribution in [0, 0.1) is 6.92 Å². The Bertz CT molecular complexity index is 565. The third-order valence-corrected chi connectivity index (χ3v) is 2.39. The van der Waals surface area contributed by atoms with Gasteiger partial charge in [-0.3, -0.25) is 4.79 Å². The molecule has 0 aliphatic rings. The van der Waals surface area contributed by atoms with E-state index in [1.807, 2.05) is 0 Å². The Morgan fingerprint density at radius 1 is 1.32 bits per heavy atom. The first kappa shape index (κ1) is 13.0. The molecule has 1 amide bonds. The monoisotopic (exact) mass is 262 g/mol. The highest BCUT2D eigenvalue weighted by Crippen LogP contribution is 2.12. The second kappa shape index (κ2) is 5.44. The third kappa shape index (κ3) is 3.05. The molecular weight excluding hydrogens is 248 g/mol. The second-order valence-corrected chi connectivity index (χ2v) is 3.94. The molecule has 8 heteroatoms. The van der Waals surface area contributed by atoms with E-state index in [-0.39, 0.29) is 17.6 Å². The summed E-state index contributed by atoms with van der Waals surface area (Å²) in [5.41, 5.74) is 2.52. The number of nitrogens with zero attached hydrogens (tertiary/aromatic N) is 3. The molecule has 0 aliphatic carbocycles. The van der Waals surface area contributed by atoms with Gasteiger partial charge >= 0.3 is 0 Å². The highest BCUT2D eigenvalue weighted by atomic mass is 16.4. The third-order valence-electron chi connectivity index (χ3n) is 2.39. The summed E-state index contributed by atoms with van der Waals surface area (Å²) in [7, 11) is 0. The Morgan fingerprint density at radius 2 is 2.11 bits per heavy atom. The van der Waals surface area contributed by atoms with Crippen LogP contribution in [-0.2, 0) is 0 Å². The van der Waals surface area contributed by atoms with Gasteiger partial charge in [-0.25, -0.2) is 20.8 Å². The summed E-state index contributed by atoms with van der Waals surface area (Å²) in [6, 6.07) is -0.352. The quantitative estimate of drug-likeness (QED) is 0.543. The summed E-state index contributed by atoms with van der Waals surface area (Å²) in [5, 5.41) is 2.71. The lowest BCUT2D eigenvalue weighted by molar-refractivity contribution is 0.0928. The van der Waals surface area contributed by atoms with E-state index in [9.17, 15) is 4.79 Å². The van der Waals surface area contributed by atoms with Gasteiger partial charge in [-0.05, 0) is 13.8 Å². The van der Waals surface area contributed by atoms with Crippen LogP contribution in [0.1, 0.15) is 35.1 Å². The predicted octanol–water partition coefficient (Wildman–Crippen LogP) is 0.550. The number of nitrogens with two attached hydrogens (primary N) is 1. The molecule has 0 radical (unpaired) electrons. The number of hydrazine groups is 1. The number of nitrogen functional groups attached to an aromatic ring is 1. The number of aryl methyl sites for hydroxylation is 1. The van der Waals surface area contributed by atoms with Gasteiger partial charge in [-0.2, -0.15) is 0 Å². The van der Waals surface area contributed by atoms with Crippen LogP contribution in [0.4, 0.5) is 5.82 Å². The maximum atomic E-state index is 11.9. The number of anilines is 1. The minimum atomic E-state index is -0.362. The topological polar surface area (TPSA) is 119 Å². The first-order chi connectivity index (χ1) is 9.10. The van der Waals surface area contributed by atoms with Crippen molar-refractivity contribution in [3.05, 3.63) is 35.9 Å². The van der Waals surface area contributed by atoms with Gasteiger partial charge < -0.3 is 15.2 Å². The average Bonchev–Trinajstić information content (AvgIpc) is 2.85. The fourth-order valence-corrected chi connectivity index (χ4v) is 1.42. The molecule has 100 valence electrons. The first-order valence-electron chi connectivity index (χ1n) is 5.62. The summed E-state index contributed by atoms with van der Waals surface area (Å²) < 4.78 is 5.33. The highest BCUT2D eigenvalue weighted by molar-refractivity contribution is 5.92. The van der Waals surface area contributed by atoms with E-state index in [0.717, 1.165) is 0 Å². The van der Waals surface area contributed by atoms with Gasteiger partial charge in [-0.1, -0.05) is 0 Å². The maximum Gasteiger partial charge on any atom is 0.272 e. The number of carbonyl (C=O) groups excluding carboxylic acids is 1. The van der Waals surface area contributed by atoms with Crippen molar-refractivity contribution in [2.45, 2.75) is 19.9 Å². The van der Waals surface area contributed by atoms with Crippen molar-refractivity contribution in [2.75, 3.05) is 5.43 Å². The average molecular weight is 262 g/mol. The van der Waals surface area contributed by atoms with Gasteiger partial charge in [0.15, 0.2) is 5.82 Å². The van der Waals surface area contributed by atoms with Gasteiger partial charge in [0.05, 0.1) is 18.6 Å². The Hall–Kier alpha value is -2.48. The lowest BCUT2D eigenvalue weighted by Gasteiger charge is -2.09. The molecule has 2 aromatic rings. The highest BCUT2D eigenvalue weighted by Gasteiger charge is 2.16. The minimum absolute atomic E-state index is 0.189. The second-order valence-electron chi connectivity index (χ2n) is 3.94. The number of oxazole rings is 1. The number of nitrogens with one attached hydrogen (secondary N) is 2. The molecule has 0 bridgehead atoms. The molecule has 0 spiro atoms. The molecule has 2 rings (SSSR count). The lowest BCUT2D eigenvalue weighted by atomic mass is 10.3. The van der Waals surface area contributed by atoms with Crippen LogP contribution in [0.2, 0.25) is 0 Å². The SMILES string of the molecule is Cc1cnc(C(C)NC(=O)c2cnc(NN)cn2)o1. The van der Waals surface area contributed by atoms with Crippen LogP contribution in [-0.4, -0.2) is 20.9 Å². The molecule has 2 aromatic heterocycles. The zero-order chi connectivity index (χ0) is 13.8. The molecule has 0 saturated heterocycles. The number of hydrogen-bond donors (Lipinski definition) is 3. The van der Waals surface area contributed by atoms with E-state index >= 15 is 0 Å². The fraction of sp³-hybridized carbons (Fsp3) is 0.273. The van der Waals surface area contributed by atoms with Crippen LogP contribution >= 0.6 is 0 Å². The molecule has 2 heterocycles. The van der Waals surface area contributed by atoms with E-state index in [2.05, 4.69) is 25.7 Å². The Morgan fingerprint density at radius 3 is 2.63 bits per heavy atom. The summed E-state index contributed by atoms with van der Waals surface area (Å²) in [6.45, 7) is 3.56. The van der Waals surface area contributed by atoms with Crippen molar-refractivity contribution in [2.24, 2.45) is 5.84 Å². The molecule has 0 aromatic carbocycles. The van der Waals surface area contributed by atoms with E-state index < -0.39 is 0 Å². The minimum Gasteiger partial charge on any atom is -0.444 e. The largest absolute Gasteiger partial charge is 0.444 e. The van der Waals surface area contributed by atoms with Crippen LogP contribution in [0.3, 0.4) is 0 Å². The molecule has 4 N–H and O–H groups in total. The van der Waals surface area contributed by atoms with Crippen LogP contribution in [0.15, 0.2) is 23.0 Å². The zero-order valence-electron chi connectivity index (χ0n) is 10.5. The molecule has 19 heavy (non-hydrogen) atoms. The standard InChI is InChI=1S/C11H14N6O2/c1-6-3-15-11(19-6)7(2)16-10(18)8-4-14-9(17-12)5-13-8/h3-5,7H,12H2,1-2H3,(H,14,17)(H,16,18). The van der Waals surface area contributed by atoms with Gasteiger partial charge in [0, 0.05) is 0 Å². The number of amides is 1. The van der Waals surface area contributed by atoms with Crippen molar-refractivity contribution in [1.29, 1.82) is 0 Å². The van der Waals surface area contributed by atoms with Gasteiger partial charge in [0.1, 0.15) is 17.5 Å². The van der Waals surface area contributed by atoms with Crippen LogP contribution in [0.25, 0.3) is 0 Å². The van der Waals surface area contributed by atoms with Crippen LogP contribution in [0.5, 0.6) is 0 Å². The molecule has 1 unspecified atom stereocenters. The van der Waals surface area contributed by atoms with Gasteiger partial charge in [0.2, 0.25) is 5.89 Å². The van der Waals surface area contributed by atoms with Crippen molar-refractivity contribution in [3.63, 3.8) is 0 Å². The number of carbonyl (C=O) groups is 1. The van der Waals surface area contributed by atoms with E-state index in [0.29, 0.717) is 17.5 Å². The predicted molar refractivity (Wildman–Crippen MR) is 67.0 cm³/mol. The van der Waals surface area contributed by atoms with Crippen molar-refractivity contribution in [3.8, 4) is 0 Å². The number of aromatic nitrogens is 3. The van der Waals surface area contributed by atoms with Gasteiger partial charge in [-0.15, -0.1) is 0 Å². The normalized spacial score (nSPS) is 11.9. The van der Waals surface area contributed by atoms with E-state index in [1.165, 1.54) is 12.4 Å². The Labute approximate surface area is 109 Å². The van der Waals surface area contributed by atoms with Gasteiger partial charge in [0.25, 0.3) is 5.91 Å². The summed E-state index contributed by atoms with van der Waals surface area (Å²) >= 11 is 0. The smallest absolute Gasteiger partial charge is 0.272 e. The first-order valence-corrected chi connectivity index (χ1v) is 5.62. The van der Waals surface area contributed by atoms with E-state index in [1.54, 1.807) is 20.0 Å². The summed E-state index contributed by atoms with van der Waals surface area (Å²) in [5.74, 6) is 6.31. The molecule has 0 saturated carbocycles. The van der Waals surface area contributed by atoms with E-state index in [4.69, 9.17) is 10.3 Å². The molecule has 0 fully saturated rings. The Kier molecular flexibility index (Phi) is 3.71. The van der Waals surface area contributed by atoms with Crippen LogP contribution < -0.4 is 16.6 Å². The molecule has 0 aliphatic heterocycles. The lowest BCUT2D eigenvalue weighted by Crippen LogP contribution is -2.27. The van der Waals surface area contributed by atoms with Crippen molar-refractivity contribution in [1.82, 2.24) is 20.3 Å². The maximum absolute atomic E-state index is 11.9. The summed E-state index contributed by atoms with van der Waals surface area (Å²) in [4.78, 5) is 23.8. The number of rotatable bonds is 4. The molecule has 1 atom stereocenters. The molecular formula is C11H14N6O2. The Balaban J connectivity index is 2.03. The fourth-order valence-electron chi connectivity index (χ4n) is 1.42. The summed E-state index contributed by atoms with van der Waals surface area (Å²) in [6.07, 6.45) is 4.30.